The molecule has 0 atom stereocenters. The number of anilines is 1. The number of hydrogen-bond acceptors (Lipinski definition) is 4. The zero-order chi connectivity index (χ0) is 20.1. The molecule has 0 radical (unpaired) electrons. The monoisotopic (exact) mass is 380 g/mol. The van der Waals surface area contributed by atoms with Crippen LogP contribution in [0.5, 0.6) is 5.75 Å². The summed E-state index contributed by atoms with van der Waals surface area (Å²) in [6.45, 7) is 4.76. The van der Waals surface area contributed by atoms with Crippen LogP contribution in [0.15, 0.2) is 48.7 Å². The molecule has 1 aromatic carbocycles. The number of carbonyl (C=O) groups excluding carboxylic acids is 2. The van der Waals surface area contributed by atoms with E-state index in [0.29, 0.717) is 29.4 Å². The van der Waals surface area contributed by atoms with E-state index in [9.17, 15) is 9.59 Å². The van der Waals surface area contributed by atoms with Crippen LogP contribution in [0.2, 0.25) is 0 Å². The number of nitrogens with one attached hydrogen (secondary N) is 2. The van der Waals surface area contributed by atoms with Gasteiger partial charge in [0.25, 0.3) is 11.8 Å². The molecule has 3 rings (SSSR count). The van der Waals surface area contributed by atoms with Gasteiger partial charge in [0, 0.05) is 24.5 Å². The summed E-state index contributed by atoms with van der Waals surface area (Å²) >= 11 is 0. The fourth-order valence-electron chi connectivity index (χ4n) is 2.81. The van der Waals surface area contributed by atoms with Gasteiger partial charge in [-0.25, -0.2) is 4.98 Å². The molecule has 2 amide bonds. The fraction of sp³-hybridized carbons (Fsp3) is 0.286. The predicted molar refractivity (Wildman–Crippen MR) is 108 cm³/mol. The molecule has 0 bridgehead atoms. The predicted octanol–water partition coefficient (Wildman–Crippen LogP) is 3.37. The molecular formula is C21H24N4O3. The van der Waals surface area contributed by atoms with Gasteiger partial charge in [-0.3, -0.25) is 14.0 Å². The highest BCUT2D eigenvalue weighted by Crippen LogP contribution is 2.19. The maximum Gasteiger partial charge on any atom is 0.292 e. The Labute approximate surface area is 163 Å². The first-order chi connectivity index (χ1) is 13.5. The normalized spacial score (nSPS) is 10.9. The molecule has 0 aliphatic rings. The lowest BCUT2D eigenvalue weighted by atomic mass is 10.1. The van der Waals surface area contributed by atoms with E-state index < -0.39 is 5.91 Å². The number of nitrogens with zero attached hydrogens (tertiary/aromatic N) is 2. The maximum absolute atomic E-state index is 12.8. The third-order valence-corrected chi connectivity index (χ3v) is 4.30. The molecule has 28 heavy (non-hydrogen) atoms. The zero-order valence-electron chi connectivity index (χ0n) is 16.2. The van der Waals surface area contributed by atoms with Crippen LogP contribution in [-0.2, 0) is 0 Å². The summed E-state index contributed by atoms with van der Waals surface area (Å²) in [6.07, 6.45) is 2.59. The summed E-state index contributed by atoms with van der Waals surface area (Å²) in [4.78, 5) is 29.7. The van der Waals surface area contributed by atoms with Crippen LogP contribution in [0.4, 0.5) is 5.69 Å². The van der Waals surface area contributed by atoms with Gasteiger partial charge in [0.15, 0.2) is 5.69 Å². The molecule has 0 unspecified atom stereocenters. The number of fused-ring (bicyclic) bond motifs is 1. The number of rotatable bonds is 7. The number of benzene rings is 1. The van der Waals surface area contributed by atoms with Gasteiger partial charge in [0.1, 0.15) is 5.75 Å². The SMILES string of the molecule is COc1cccc(NC(=O)c2nc(C(=O)NCCC(C)C)c3ccccn23)c1. The van der Waals surface area contributed by atoms with E-state index in [0.717, 1.165) is 6.42 Å². The first kappa shape index (κ1) is 19.4. The highest BCUT2D eigenvalue weighted by Gasteiger charge is 2.21. The van der Waals surface area contributed by atoms with Gasteiger partial charge in [0.05, 0.1) is 12.6 Å². The van der Waals surface area contributed by atoms with E-state index in [2.05, 4.69) is 29.5 Å². The standard InChI is InChI=1S/C21H24N4O3/c1-14(2)10-11-22-20(26)18-17-9-4-5-12-25(17)19(24-18)21(27)23-15-7-6-8-16(13-15)28-3/h4-9,12-14H,10-11H2,1-3H3,(H,22,26)(H,23,27). The van der Waals surface area contributed by atoms with Crippen molar-refractivity contribution in [3.05, 3.63) is 60.2 Å². The first-order valence-corrected chi connectivity index (χ1v) is 9.20. The van der Waals surface area contributed by atoms with Crippen LogP contribution >= 0.6 is 0 Å². The van der Waals surface area contributed by atoms with Crippen molar-refractivity contribution in [3.63, 3.8) is 0 Å². The number of ether oxygens (including phenoxy) is 1. The number of aromatic nitrogens is 2. The molecule has 7 nitrogen and oxygen atoms in total. The van der Waals surface area contributed by atoms with E-state index in [1.54, 1.807) is 54.1 Å². The number of carbonyl (C=O) groups is 2. The summed E-state index contributed by atoms with van der Waals surface area (Å²) < 4.78 is 6.80. The van der Waals surface area contributed by atoms with Crippen LogP contribution in [0.3, 0.4) is 0 Å². The molecule has 0 saturated heterocycles. The first-order valence-electron chi connectivity index (χ1n) is 9.20. The van der Waals surface area contributed by atoms with Crippen molar-refractivity contribution in [2.24, 2.45) is 5.92 Å². The molecule has 0 aliphatic carbocycles. The summed E-state index contributed by atoms with van der Waals surface area (Å²) in [5.74, 6) is 0.576. The highest BCUT2D eigenvalue weighted by atomic mass is 16.5. The van der Waals surface area contributed by atoms with Crippen molar-refractivity contribution in [1.82, 2.24) is 14.7 Å². The van der Waals surface area contributed by atoms with E-state index in [1.165, 1.54) is 0 Å². The minimum atomic E-state index is -0.407. The van der Waals surface area contributed by atoms with Crippen LogP contribution in [0.25, 0.3) is 5.52 Å². The number of amides is 2. The lowest BCUT2D eigenvalue weighted by molar-refractivity contribution is 0.0949. The molecule has 2 aromatic heterocycles. The van der Waals surface area contributed by atoms with Gasteiger partial charge in [-0.1, -0.05) is 26.0 Å². The van der Waals surface area contributed by atoms with Crippen molar-refractivity contribution in [3.8, 4) is 5.75 Å². The molecule has 7 heteroatoms. The van der Waals surface area contributed by atoms with Crippen molar-refractivity contribution < 1.29 is 14.3 Å². The average Bonchev–Trinajstić information content (AvgIpc) is 3.08. The molecule has 0 aliphatic heterocycles. The molecule has 2 N–H and O–H groups in total. The van der Waals surface area contributed by atoms with Crippen molar-refractivity contribution in [2.75, 3.05) is 19.0 Å². The van der Waals surface area contributed by atoms with E-state index in [1.807, 2.05) is 6.07 Å². The summed E-state index contributed by atoms with van der Waals surface area (Å²) in [7, 11) is 1.56. The van der Waals surface area contributed by atoms with Crippen molar-refractivity contribution >= 4 is 23.0 Å². The lowest BCUT2D eigenvalue weighted by Crippen LogP contribution is -2.26. The van der Waals surface area contributed by atoms with Gasteiger partial charge in [-0.15, -0.1) is 0 Å². The average molecular weight is 380 g/mol. The molecule has 0 spiro atoms. The third-order valence-electron chi connectivity index (χ3n) is 4.30. The minimum absolute atomic E-state index is 0.146. The Morgan fingerprint density at radius 2 is 1.96 bits per heavy atom. The van der Waals surface area contributed by atoms with Gasteiger partial charge in [-0.05, 0) is 36.6 Å². The third kappa shape index (κ3) is 4.31. The topological polar surface area (TPSA) is 84.7 Å². The second kappa shape index (κ2) is 8.56. The Hall–Kier alpha value is -3.35. The Bertz CT molecular complexity index is 994. The van der Waals surface area contributed by atoms with Gasteiger partial charge >= 0.3 is 0 Å². The van der Waals surface area contributed by atoms with Crippen LogP contribution in [0.1, 0.15) is 41.4 Å². The van der Waals surface area contributed by atoms with Crippen molar-refractivity contribution in [2.45, 2.75) is 20.3 Å². The summed E-state index contributed by atoms with van der Waals surface area (Å²) in [5, 5.41) is 5.68. The number of hydrogen-bond donors (Lipinski definition) is 2. The Kier molecular flexibility index (Phi) is 5.93. The molecule has 0 saturated carbocycles. The zero-order valence-corrected chi connectivity index (χ0v) is 16.2. The van der Waals surface area contributed by atoms with Gasteiger partial charge < -0.3 is 15.4 Å². The highest BCUT2D eigenvalue weighted by molar-refractivity contribution is 6.06. The molecule has 3 aromatic rings. The summed E-state index contributed by atoms with van der Waals surface area (Å²) in [5.41, 5.74) is 1.40. The van der Waals surface area contributed by atoms with Gasteiger partial charge in [0.2, 0.25) is 5.82 Å². The fourth-order valence-corrected chi connectivity index (χ4v) is 2.81. The van der Waals surface area contributed by atoms with Crippen LogP contribution in [0, 0.1) is 5.92 Å². The second-order valence-electron chi connectivity index (χ2n) is 6.86. The smallest absolute Gasteiger partial charge is 0.292 e. The van der Waals surface area contributed by atoms with Crippen LogP contribution < -0.4 is 15.4 Å². The number of pyridine rings is 1. The largest absolute Gasteiger partial charge is 0.497 e. The minimum Gasteiger partial charge on any atom is -0.497 e. The van der Waals surface area contributed by atoms with E-state index in [4.69, 9.17) is 4.74 Å². The second-order valence-corrected chi connectivity index (χ2v) is 6.86. The Balaban J connectivity index is 1.86. The quantitative estimate of drug-likeness (QED) is 0.658. The molecule has 2 heterocycles. The molecule has 0 fully saturated rings. The van der Waals surface area contributed by atoms with Gasteiger partial charge in [-0.2, -0.15) is 0 Å². The maximum atomic E-state index is 12.8. The Morgan fingerprint density at radius 1 is 1.14 bits per heavy atom. The lowest BCUT2D eigenvalue weighted by Gasteiger charge is -2.06. The molecule has 146 valence electrons. The Morgan fingerprint density at radius 3 is 2.71 bits per heavy atom. The number of methoxy groups -OCH3 is 1. The number of imidazole rings is 1. The van der Waals surface area contributed by atoms with Crippen LogP contribution in [-0.4, -0.2) is 34.9 Å². The van der Waals surface area contributed by atoms with Crippen molar-refractivity contribution in [1.29, 1.82) is 0 Å². The summed E-state index contributed by atoms with van der Waals surface area (Å²) in [6, 6.07) is 12.4. The van der Waals surface area contributed by atoms with E-state index >= 15 is 0 Å². The van der Waals surface area contributed by atoms with E-state index in [-0.39, 0.29) is 17.4 Å². The molecular weight excluding hydrogens is 356 g/mol.